The van der Waals surface area contributed by atoms with E-state index in [1.54, 1.807) is 43.3 Å². The molecule has 2 heterocycles. The van der Waals surface area contributed by atoms with Crippen molar-refractivity contribution in [1.82, 2.24) is 10.6 Å². The predicted molar refractivity (Wildman–Crippen MR) is 114 cm³/mol. The first-order chi connectivity index (χ1) is 14.4. The van der Waals surface area contributed by atoms with E-state index in [-0.39, 0.29) is 11.7 Å². The fraction of sp³-hybridized carbons (Fsp3) is 0.0909. The highest BCUT2D eigenvalue weighted by Gasteiger charge is 2.33. The summed E-state index contributed by atoms with van der Waals surface area (Å²) in [6.45, 7) is 1.66. The maximum absolute atomic E-state index is 13.2. The van der Waals surface area contributed by atoms with Gasteiger partial charge in [-0.25, -0.2) is 9.18 Å². The molecule has 0 aliphatic carbocycles. The highest BCUT2D eigenvalue weighted by atomic mass is 79.9. The minimum Gasteiger partial charge on any atom is -0.459 e. The summed E-state index contributed by atoms with van der Waals surface area (Å²) in [5, 5.41) is 8.20. The molecule has 0 saturated carbocycles. The van der Waals surface area contributed by atoms with Crippen molar-refractivity contribution in [3.8, 4) is 11.3 Å². The lowest BCUT2D eigenvalue weighted by molar-refractivity contribution is -0.113. The van der Waals surface area contributed by atoms with Gasteiger partial charge < -0.3 is 20.4 Å². The fourth-order valence-corrected chi connectivity index (χ4v) is 3.48. The number of anilines is 1. The van der Waals surface area contributed by atoms with Gasteiger partial charge in [-0.1, -0.05) is 15.9 Å². The average Bonchev–Trinajstić information content (AvgIpc) is 3.19. The molecule has 0 spiro atoms. The van der Waals surface area contributed by atoms with Gasteiger partial charge in [0, 0.05) is 21.4 Å². The van der Waals surface area contributed by atoms with E-state index in [2.05, 4.69) is 31.9 Å². The van der Waals surface area contributed by atoms with Crippen molar-refractivity contribution in [3.63, 3.8) is 0 Å². The van der Waals surface area contributed by atoms with Crippen LogP contribution in [0.1, 0.15) is 18.7 Å². The maximum atomic E-state index is 13.2. The van der Waals surface area contributed by atoms with E-state index in [1.165, 1.54) is 12.1 Å². The van der Waals surface area contributed by atoms with E-state index in [0.29, 0.717) is 34.0 Å². The van der Waals surface area contributed by atoms with Crippen molar-refractivity contribution in [1.29, 1.82) is 0 Å². The Hall–Kier alpha value is -3.39. The molecule has 1 aromatic heterocycles. The van der Waals surface area contributed by atoms with Crippen molar-refractivity contribution >= 4 is 33.6 Å². The van der Waals surface area contributed by atoms with Crippen molar-refractivity contribution in [3.05, 3.63) is 88.0 Å². The second kappa shape index (κ2) is 8.16. The number of carbonyl (C=O) groups excluding carboxylic acids is 2. The average molecular weight is 470 g/mol. The van der Waals surface area contributed by atoms with E-state index >= 15 is 0 Å². The van der Waals surface area contributed by atoms with Gasteiger partial charge in [0.2, 0.25) is 0 Å². The Morgan fingerprint density at radius 2 is 1.77 bits per heavy atom. The normalized spacial score (nSPS) is 16.1. The predicted octanol–water partition coefficient (Wildman–Crippen LogP) is 5.11. The van der Waals surface area contributed by atoms with Gasteiger partial charge in [0.1, 0.15) is 23.4 Å². The molecule has 0 fully saturated rings. The summed E-state index contributed by atoms with van der Waals surface area (Å²) >= 11 is 3.36. The van der Waals surface area contributed by atoms with Gasteiger partial charge in [-0.3, -0.25) is 4.79 Å². The summed E-state index contributed by atoms with van der Waals surface area (Å²) in [7, 11) is 0. The third kappa shape index (κ3) is 4.13. The lowest BCUT2D eigenvalue weighted by Gasteiger charge is -2.27. The zero-order valence-electron chi connectivity index (χ0n) is 15.8. The summed E-state index contributed by atoms with van der Waals surface area (Å²) < 4.78 is 20.0. The van der Waals surface area contributed by atoms with E-state index in [9.17, 15) is 14.0 Å². The lowest BCUT2D eigenvalue weighted by atomic mass is 10.00. The number of halogens is 2. The fourth-order valence-electron chi connectivity index (χ4n) is 3.22. The van der Waals surface area contributed by atoms with Crippen molar-refractivity contribution < 1.29 is 18.4 Å². The van der Waals surface area contributed by atoms with Gasteiger partial charge in [0.25, 0.3) is 5.91 Å². The van der Waals surface area contributed by atoms with Gasteiger partial charge in [-0.15, -0.1) is 0 Å². The number of allylic oxidation sites excluding steroid dienone is 1. The van der Waals surface area contributed by atoms with Crippen LogP contribution in [0.4, 0.5) is 14.9 Å². The van der Waals surface area contributed by atoms with Crippen LogP contribution in [0.5, 0.6) is 0 Å². The third-order valence-electron chi connectivity index (χ3n) is 4.66. The van der Waals surface area contributed by atoms with Gasteiger partial charge in [-0.2, -0.15) is 0 Å². The highest BCUT2D eigenvalue weighted by molar-refractivity contribution is 9.10. The van der Waals surface area contributed by atoms with Crippen molar-refractivity contribution in [2.45, 2.75) is 13.0 Å². The van der Waals surface area contributed by atoms with Crippen LogP contribution < -0.4 is 16.0 Å². The van der Waals surface area contributed by atoms with Gasteiger partial charge in [-0.05, 0) is 67.6 Å². The third-order valence-corrected chi connectivity index (χ3v) is 5.18. The van der Waals surface area contributed by atoms with Crippen LogP contribution in [0.3, 0.4) is 0 Å². The molecule has 6 nitrogen and oxygen atoms in total. The number of furan rings is 1. The summed E-state index contributed by atoms with van der Waals surface area (Å²) in [4.78, 5) is 25.1. The molecular weight excluding hydrogens is 453 g/mol. The molecule has 30 heavy (non-hydrogen) atoms. The number of carbonyl (C=O) groups is 2. The molecule has 0 radical (unpaired) electrons. The standard InChI is InChI=1S/C22H17BrFN3O3/c1-12-19(21(28)26-16-8-4-14(23)5-9-16)20(27-22(29)25-12)18-11-10-17(30-18)13-2-6-15(24)7-3-13/h2-11,20H,1H3,(H,26,28)(H2,25,27,29)/t20-/m1/s1. The molecule has 2 aromatic carbocycles. The second-order valence-corrected chi connectivity index (χ2v) is 7.66. The van der Waals surface area contributed by atoms with Crippen LogP contribution in [0.25, 0.3) is 11.3 Å². The number of amides is 3. The van der Waals surface area contributed by atoms with Crippen molar-refractivity contribution in [2.24, 2.45) is 0 Å². The Morgan fingerprint density at radius 3 is 2.47 bits per heavy atom. The topological polar surface area (TPSA) is 83.4 Å². The minimum absolute atomic E-state index is 0.331. The zero-order chi connectivity index (χ0) is 21.3. The molecule has 1 aliphatic rings. The van der Waals surface area contributed by atoms with Crippen LogP contribution >= 0.6 is 15.9 Å². The molecule has 3 N–H and O–H groups in total. The van der Waals surface area contributed by atoms with Crippen LogP contribution in [-0.2, 0) is 4.79 Å². The zero-order valence-corrected chi connectivity index (χ0v) is 17.4. The summed E-state index contributed by atoms with van der Waals surface area (Å²) in [6.07, 6.45) is 0. The monoisotopic (exact) mass is 469 g/mol. The first-order valence-electron chi connectivity index (χ1n) is 9.11. The molecule has 0 saturated heterocycles. The Labute approximate surface area is 180 Å². The number of urea groups is 1. The number of nitrogens with one attached hydrogen (secondary N) is 3. The van der Waals surface area contributed by atoms with Crippen LogP contribution in [-0.4, -0.2) is 11.9 Å². The van der Waals surface area contributed by atoms with E-state index < -0.39 is 12.1 Å². The number of hydrogen-bond acceptors (Lipinski definition) is 3. The second-order valence-electron chi connectivity index (χ2n) is 6.74. The molecule has 3 amide bonds. The number of benzene rings is 2. The van der Waals surface area contributed by atoms with Crippen LogP contribution in [0.15, 0.2) is 80.8 Å². The largest absolute Gasteiger partial charge is 0.459 e. The Morgan fingerprint density at radius 1 is 1.07 bits per heavy atom. The van der Waals surface area contributed by atoms with E-state index in [0.717, 1.165) is 4.47 Å². The van der Waals surface area contributed by atoms with Gasteiger partial charge >= 0.3 is 6.03 Å². The van der Waals surface area contributed by atoms with E-state index in [4.69, 9.17) is 4.42 Å². The summed E-state index contributed by atoms with van der Waals surface area (Å²) in [5.74, 6) is 0.182. The molecular formula is C22H17BrFN3O3. The molecule has 8 heteroatoms. The molecule has 3 aromatic rings. The molecule has 0 unspecified atom stereocenters. The maximum Gasteiger partial charge on any atom is 0.319 e. The van der Waals surface area contributed by atoms with Crippen LogP contribution in [0.2, 0.25) is 0 Å². The lowest BCUT2D eigenvalue weighted by Crippen LogP contribution is -2.45. The Bertz CT molecular complexity index is 1140. The minimum atomic E-state index is -0.775. The molecule has 4 rings (SSSR count). The van der Waals surface area contributed by atoms with Gasteiger partial charge in [0.15, 0.2) is 0 Å². The number of rotatable bonds is 4. The molecule has 1 aliphatic heterocycles. The quantitative estimate of drug-likeness (QED) is 0.496. The highest BCUT2D eigenvalue weighted by Crippen LogP contribution is 2.32. The first-order valence-corrected chi connectivity index (χ1v) is 9.91. The summed E-state index contributed by atoms with van der Waals surface area (Å²) in [6, 6.07) is 15.2. The molecule has 0 bridgehead atoms. The Balaban J connectivity index is 1.64. The van der Waals surface area contributed by atoms with Gasteiger partial charge in [0.05, 0.1) is 5.57 Å². The first kappa shape index (κ1) is 19.9. The SMILES string of the molecule is CC1=C(C(=O)Nc2ccc(Br)cc2)[C@@H](c2ccc(-c3ccc(F)cc3)o2)NC(=O)N1. The van der Waals surface area contributed by atoms with Crippen LogP contribution in [0, 0.1) is 5.82 Å². The van der Waals surface area contributed by atoms with E-state index in [1.807, 2.05) is 12.1 Å². The molecule has 1 atom stereocenters. The Kier molecular flexibility index (Phi) is 5.41. The number of hydrogen-bond donors (Lipinski definition) is 3. The summed E-state index contributed by atoms with van der Waals surface area (Å²) in [5.41, 5.74) is 2.06. The smallest absolute Gasteiger partial charge is 0.319 e. The van der Waals surface area contributed by atoms with Crippen molar-refractivity contribution in [2.75, 3.05) is 5.32 Å². The molecule has 152 valence electrons.